The molecule has 2 nitrogen and oxygen atoms in total. The molecule has 0 spiro atoms. The number of carboxylic acid groups (broad SMARTS) is 1. The Morgan fingerprint density at radius 1 is 1.44 bits per heavy atom. The minimum absolute atomic E-state index is 0. The zero-order chi connectivity index (χ0) is 7.15. The van der Waals surface area contributed by atoms with Crippen molar-refractivity contribution in [2.24, 2.45) is 0 Å². The number of halogens is 3. The van der Waals surface area contributed by atoms with Crippen LogP contribution in [-0.2, 0) is 17.8 Å². The predicted octanol–water partition coefficient (Wildman–Crippen LogP) is -2.17. The van der Waals surface area contributed by atoms with Crippen LogP contribution in [0.5, 0.6) is 0 Å². The Morgan fingerprint density at radius 3 is 1.44 bits per heavy atom. The number of rotatable bonds is 0. The van der Waals surface area contributed by atoms with Crippen molar-refractivity contribution in [3.63, 3.8) is 0 Å². The van der Waals surface area contributed by atoms with Crippen LogP contribution in [0.3, 0.4) is 0 Å². The average Bonchev–Trinajstić information content (AvgIpc) is 1.25. The smallest absolute Gasteiger partial charge is 1.00 e. The Labute approximate surface area is 93.2 Å². The molecule has 0 amide bonds. The Kier molecular flexibility index (Phi) is 24.1. The van der Waals surface area contributed by atoms with E-state index in [2.05, 4.69) is 0 Å². The van der Waals surface area contributed by atoms with Gasteiger partial charge in [0.05, 0.1) is 0 Å². The summed E-state index contributed by atoms with van der Waals surface area (Å²) in [6.45, 7) is 0.972. The molecular formula is C2H3Cl3NaO2Ru. The minimum Gasteiger partial charge on any atom is 1.00 e. The van der Waals surface area contributed by atoms with Crippen molar-refractivity contribution >= 4 is 35.0 Å². The quantitative estimate of drug-likeness (QED) is 0.476. The number of aliphatic carboxylic acids is 1. The molecule has 0 unspecified atom stereocenters. The predicted molar refractivity (Wildman–Crippen MR) is 28.2 cm³/mol. The Balaban J connectivity index is -0.0000000720. The third-order valence-electron chi connectivity index (χ3n) is 0. The molecule has 0 aromatic carbocycles. The van der Waals surface area contributed by atoms with E-state index in [1.54, 1.807) is 0 Å². The monoisotopic (exact) mass is 289 g/mol. The Morgan fingerprint density at radius 2 is 1.44 bits per heavy atom. The molecule has 7 heteroatoms. The first-order chi connectivity index (χ1) is 3.46. The van der Waals surface area contributed by atoms with E-state index in [9.17, 15) is 0 Å². The summed E-state index contributed by atoms with van der Waals surface area (Å²) in [5, 5.41) is 8.89. The summed E-state index contributed by atoms with van der Waals surface area (Å²) in [4.78, 5) is 8.89. The molecule has 0 heterocycles. The molecule has 0 saturated heterocycles. The second kappa shape index (κ2) is 12.6. The summed E-state index contributed by atoms with van der Waals surface area (Å²) < 4.78 is 0. The number of hydrogen-bond donors (Lipinski definition) is 0. The molecule has 0 aromatic rings. The second-order valence-corrected chi connectivity index (χ2v) is 8.56. The summed E-state index contributed by atoms with van der Waals surface area (Å²) in [6, 6.07) is 0. The van der Waals surface area contributed by atoms with Gasteiger partial charge in [-0.3, -0.25) is 0 Å². The van der Waals surface area contributed by atoms with E-state index in [1.165, 1.54) is 0 Å². The molecule has 0 aliphatic heterocycles. The number of carbonyl (C=O) groups excluding carboxylic acids is 1. The van der Waals surface area contributed by atoms with Crippen LogP contribution >= 0.6 is 29.1 Å². The summed E-state index contributed by atoms with van der Waals surface area (Å²) in [5.41, 5.74) is 0. The SMILES string of the molecule is CC(=O)[O-].[Cl][Ru]([Cl])[Cl].[Na+]. The molecule has 0 N–H and O–H groups in total. The maximum absolute atomic E-state index is 8.89. The van der Waals surface area contributed by atoms with Gasteiger partial charge in [0, 0.05) is 5.97 Å². The topological polar surface area (TPSA) is 40.1 Å². The van der Waals surface area contributed by atoms with Crippen molar-refractivity contribution in [1.29, 1.82) is 0 Å². The van der Waals surface area contributed by atoms with E-state index < -0.39 is 18.9 Å². The molecule has 0 aliphatic carbocycles. The second-order valence-electron chi connectivity index (χ2n) is 0.643. The Hall–Kier alpha value is 1.96. The molecule has 9 heavy (non-hydrogen) atoms. The zero-order valence-corrected chi connectivity index (χ0v) is 10.8. The molecule has 53 valence electrons. The molecule has 0 aliphatic rings. The van der Waals surface area contributed by atoms with Gasteiger partial charge in [-0.15, -0.1) is 0 Å². The van der Waals surface area contributed by atoms with Crippen molar-refractivity contribution < 1.29 is 52.4 Å². The first kappa shape index (κ1) is 17.2. The van der Waals surface area contributed by atoms with E-state index in [-0.39, 0.29) is 29.6 Å². The number of carbonyl (C=O) groups is 1. The average molecular weight is 289 g/mol. The maximum Gasteiger partial charge on any atom is 1.00 e. The fourth-order valence-electron chi connectivity index (χ4n) is 0. The fraction of sp³-hybridized carbons (Fsp3) is 0.500. The van der Waals surface area contributed by atoms with Crippen LogP contribution in [0.25, 0.3) is 0 Å². The van der Waals surface area contributed by atoms with Crippen LogP contribution in [0.15, 0.2) is 0 Å². The molecule has 0 aromatic heterocycles. The van der Waals surface area contributed by atoms with E-state index in [0.717, 1.165) is 6.92 Å². The van der Waals surface area contributed by atoms with E-state index >= 15 is 0 Å². The Bertz CT molecular complexity index is 64.1. The summed E-state index contributed by atoms with van der Waals surface area (Å²) in [6.07, 6.45) is 0. The van der Waals surface area contributed by atoms with E-state index in [0.29, 0.717) is 0 Å². The molecule has 0 bridgehead atoms. The first-order valence-electron chi connectivity index (χ1n) is 1.31. The fourth-order valence-corrected chi connectivity index (χ4v) is 0. The van der Waals surface area contributed by atoms with Gasteiger partial charge < -0.3 is 9.90 Å². The minimum atomic E-state index is -1.75. The summed E-state index contributed by atoms with van der Waals surface area (Å²) >= 11 is -1.75. The van der Waals surface area contributed by atoms with Gasteiger partial charge in [-0.2, -0.15) is 0 Å². The molecule has 0 rings (SSSR count). The number of hydrogen-bond acceptors (Lipinski definition) is 2. The van der Waals surface area contributed by atoms with Gasteiger partial charge >= 0.3 is 71.6 Å². The van der Waals surface area contributed by atoms with Crippen molar-refractivity contribution in [2.75, 3.05) is 0 Å². The van der Waals surface area contributed by atoms with Crippen LogP contribution < -0.4 is 34.7 Å². The van der Waals surface area contributed by atoms with Crippen LogP contribution in [0.4, 0.5) is 0 Å². The summed E-state index contributed by atoms with van der Waals surface area (Å²) in [7, 11) is 14.8. The van der Waals surface area contributed by atoms with Crippen LogP contribution in [0, 0.1) is 0 Å². The van der Waals surface area contributed by atoms with E-state index in [4.69, 9.17) is 39.0 Å². The van der Waals surface area contributed by atoms with Crippen molar-refractivity contribution in [3.8, 4) is 0 Å². The maximum atomic E-state index is 8.89. The molecule has 0 saturated carbocycles. The van der Waals surface area contributed by atoms with Crippen LogP contribution in [-0.4, -0.2) is 5.97 Å². The number of carboxylic acids is 1. The third kappa shape index (κ3) is 164. The largest absolute Gasteiger partial charge is 1.00 e. The zero-order valence-electron chi connectivity index (χ0n) is 4.80. The van der Waals surface area contributed by atoms with Gasteiger partial charge in [0.1, 0.15) is 0 Å². The van der Waals surface area contributed by atoms with Gasteiger partial charge in [-0.1, -0.05) is 0 Å². The van der Waals surface area contributed by atoms with Gasteiger partial charge in [0.15, 0.2) is 0 Å². The van der Waals surface area contributed by atoms with Crippen LogP contribution in [0.1, 0.15) is 6.92 Å². The third-order valence-corrected chi connectivity index (χ3v) is 0. The standard InChI is InChI=1S/C2H4O2.3ClH.Na.Ru/c1-2(3)4;;;;;/h1H3,(H,3,4);3*1H;;/q;;;;+1;+3/p-4. The first-order valence-corrected chi connectivity index (χ1v) is 8.02. The van der Waals surface area contributed by atoms with E-state index in [1.807, 2.05) is 0 Å². The van der Waals surface area contributed by atoms with Crippen molar-refractivity contribution in [1.82, 2.24) is 0 Å². The van der Waals surface area contributed by atoms with Gasteiger partial charge in [0.25, 0.3) is 0 Å². The van der Waals surface area contributed by atoms with Gasteiger partial charge in [-0.25, -0.2) is 0 Å². The molecule has 0 fully saturated rings. The molecule has 0 atom stereocenters. The summed E-state index contributed by atoms with van der Waals surface area (Å²) in [5.74, 6) is -1.08. The van der Waals surface area contributed by atoms with Crippen LogP contribution in [0.2, 0.25) is 0 Å². The van der Waals surface area contributed by atoms with Crippen molar-refractivity contribution in [2.45, 2.75) is 6.92 Å². The van der Waals surface area contributed by atoms with Gasteiger partial charge in [0.2, 0.25) is 0 Å². The van der Waals surface area contributed by atoms with Crippen molar-refractivity contribution in [3.05, 3.63) is 0 Å². The molecule has 0 radical (unpaired) electrons. The molecular weight excluding hydrogens is 286 g/mol. The van der Waals surface area contributed by atoms with Gasteiger partial charge in [-0.05, 0) is 6.92 Å². The normalized spacial score (nSPS) is 7.78.